The fourth-order valence-electron chi connectivity index (χ4n) is 7.74. The lowest BCUT2D eigenvalue weighted by atomic mass is 9.53. The Morgan fingerprint density at radius 1 is 0.613 bits per heavy atom. The minimum atomic E-state index is 0.125. The molecule has 3 aliphatic rings. The molecule has 1 heteroatoms. The van der Waals surface area contributed by atoms with Gasteiger partial charge in [-0.15, -0.1) is 6.58 Å². The van der Waals surface area contributed by atoms with Gasteiger partial charge < -0.3 is 0 Å². The molecule has 1 aliphatic carbocycles. The van der Waals surface area contributed by atoms with Crippen LogP contribution in [-0.2, 0) is 0 Å². The smallest absolute Gasteiger partial charge is 0.0417 e. The molecule has 3 fully saturated rings. The fraction of sp³-hybridized carbons (Fsp3) is 0.933. The second-order valence-electron chi connectivity index (χ2n) is 12.1. The molecule has 0 aromatic heterocycles. The molecule has 2 heterocycles. The van der Waals surface area contributed by atoms with E-state index >= 15 is 0 Å². The van der Waals surface area contributed by atoms with Crippen LogP contribution in [-0.4, -0.2) is 23.0 Å². The number of rotatable bonds is 1. The van der Waals surface area contributed by atoms with Gasteiger partial charge in [0.15, 0.2) is 0 Å². The van der Waals surface area contributed by atoms with Crippen LogP contribution in [0.15, 0.2) is 12.7 Å². The lowest BCUT2D eigenvalue weighted by molar-refractivity contribution is -0.132. The molecule has 3 rings (SSSR count). The third-order valence-corrected chi connectivity index (χ3v) is 10.1. The molecular weight excluding hydrogens is 374 g/mol. The SMILES string of the molecule is C=CC1(C)N2CCCCCCCCCCC2C2CCCCCCCCCCC2C1(C)C. The Morgan fingerprint density at radius 3 is 1.61 bits per heavy atom. The molecule has 1 saturated carbocycles. The molecule has 4 atom stereocenters. The summed E-state index contributed by atoms with van der Waals surface area (Å²) in [6, 6.07) is 0.781. The average molecular weight is 430 g/mol. The summed E-state index contributed by atoms with van der Waals surface area (Å²) >= 11 is 0. The predicted octanol–water partition coefficient (Wildman–Crippen LogP) is 9.31. The first-order valence-corrected chi connectivity index (χ1v) is 14.4. The number of hydrogen-bond donors (Lipinski definition) is 0. The molecule has 1 nitrogen and oxygen atoms in total. The molecule has 31 heavy (non-hydrogen) atoms. The zero-order valence-corrected chi connectivity index (χ0v) is 21.6. The van der Waals surface area contributed by atoms with E-state index in [1.807, 2.05) is 0 Å². The Morgan fingerprint density at radius 2 is 1.06 bits per heavy atom. The molecule has 2 aliphatic heterocycles. The van der Waals surface area contributed by atoms with Gasteiger partial charge in [0, 0.05) is 11.6 Å². The maximum atomic E-state index is 4.47. The summed E-state index contributed by atoms with van der Waals surface area (Å²) in [7, 11) is 0. The second kappa shape index (κ2) is 12.2. The van der Waals surface area contributed by atoms with E-state index in [4.69, 9.17) is 0 Å². The van der Waals surface area contributed by atoms with Gasteiger partial charge >= 0.3 is 0 Å². The van der Waals surface area contributed by atoms with E-state index in [0.29, 0.717) is 5.41 Å². The van der Waals surface area contributed by atoms with Gasteiger partial charge in [0.2, 0.25) is 0 Å². The molecule has 4 unspecified atom stereocenters. The molecule has 2 saturated heterocycles. The molecule has 0 amide bonds. The van der Waals surface area contributed by atoms with Crippen molar-refractivity contribution in [2.45, 2.75) is 154 Å². The van der Waals surface area contributed by atoms with Crippen molar-refractivity contribution in [2.24, 2.45) is 17.3 Å². The van der Waals surface area contributed by atoms with E-state index < -0.39 is 0 Å². The molecular formula is C30H55N. The quantitative estimate of drug-likeness (QED) is 0.375. The molecule has 0 aromatic rings. The van der Waals surface area contributed by atoms with Crippen LogP contribution in [0, 0.1) is 17.3 Å². The van der Waals surface area contributed by atoms with Crippen molar-refractivity contribution >= 4 is 0 Å². The highest BCUT2D eigenvalue weighted by molar-refractivity contribution is 5.18. The summed E-state index contributed by atoms with van der Waals surface area (Å²) in [5, 5.41) is 0. The van der Waals surface area contributed by atoms with Crippen molar-refractivity contribution in [2.75, 3.05) is 6.54 Å². The minimum Gasteiger partial charge on any atom is -0.291 e. The van der Waals surface area contributed by atoms with E-state index in [2.05, 4.69) is 38.3 Å². The Hall–Kier alpha value is -0.300. The normalized spacial score (nSPS) is 37.6. The Kier molecular flexibility index (Phi) is 10.0. The van der Waals surface area contributed by atoms with Gasteiger partial charge in [-0.2, -0.15) is 0 Å². The molecule has 0 bridgehead atoms. The highest BCUT2D eigenvalue weighted by Gasteiger charge is 2.57. The Labute approximate surface area is 195 Å². The molecule has 0 N–H and O–H groups in total. The van der Waals surface area contributed by atoms with Crippen LogP contribution < -0.4 is 0 Å². The van der Waals surface area contributed by atoms with Gasteiger partial charge in [-0.05, 0) is 56.4 Å². The first-order chi connectivity index (χ1) is 15.0. The summed E-state index contributed by atoms with van der Waals surface area (Å²) < 4.78 is 0. The van der Waals surface area contributed by atoms with Crippen molar-refractivity contribution in [3.63, 3.8) is 0 Å². The van der Waals surface area contributed by atoms with E-state index in [1.54, 1.807) is 0 Å². The average Bonchev–Trinajstić information content (AvgIpc) is 2.73. The van der Waals surface area contributed by atoms with Gasteiger partial charge in [0.05, 0.1) is 0 Å². The molecule has 0 aromatic carbocycles. The van der Waals surface area contributed by atoms with Crippen molar-refractivity contribution in [1.29, 1.82) is 0 Å². The number of hydrogen-bond acceptors (Lipinski definition) is 1. The standard InChI is InChI=1S/C30H55N/c1-5-30(4)29(2,3)27-23-19-15-11-7-6-10-14-18-22-26(27)28-24-20-16-12-8-9-13-17-21-25-31(28)30/h5,26-28H,1,6-25H2,2-4H3. The van der Waals surface area contributed by atoms with Crippen LogP contribution in [0.25, 0.3) is 0 Å². The zero-order chi connectivity index (χ0) is 22.2. The summed E-state index contributed by atoms with van der Waals surface area (Å²) in [4.78, 5) is 3.01. The largest absolute Gasteiger partial charge is 0.291 e. The van der Waals surface area contributed by atoms with Crippen molar-refractivity contribution < 1.29 is 0 Å². The first-order valence-electron chi connectivity index (χ1n) is 14.4. The maximum Gasteiger partial charge on any atom is 0.0417 e. The lowest BCUT2D eigenvalue weighted by Gasteiger charge is -2.64. The van der Waals surface area contributed by atoms with Gasteiger partial charge in [-0.25, -0.2) is 0 Å². The summed E-state index contributed by atoms with van der Waals surface area (Å²) in [6.07, 6.45) is 30.0. The van der Waals surface area contributed by atoms with E-state index in [-0.39, 0.29) is 5.54 Å². The molecule has 0 spiro atoms. The zero-order valence-electron chi connectivity index (χ0n) is 21.6. The van der Waals surface area contributed by atoms with Crippen LogP contribution in [0.2, 0.25) is 0 Å². The van der Waals surface area contributed by atoms with Crippen LogP contribution >= 0.6 is 0 Å². The maximum absolute atomic E-state index is 4.47. The van der Waals surface area contributed by atoms with Crippen LogP contribution in [0.3, 0.4) is 0 Å². The predicted molar refractivity (Wildman–Crippen MR) is 138 cm³/mol. The number of piperidine rings is 1. The monoisotopic (exact) mass is 429 g/mol. The van der Waals surface area contributed by atoms with E-state index in [9.17, 15) is 0 Å². The van der Waals surface area contributed by atoms with Crippen LogP contribution in [0.1, 0.15) is 143 Å². The van der Waals surface area contributed by atoms with Gasteiger partial charge in [0.1, 0.15) is 0 Å². The van der Waals surface area contributed by atoms with Crippen molar-refractivity contribution in [3.8, 4) is 0 Å². The summed E-state index contributed by atoms with van der Waals surface area (Å²) in [6.45, 7) is 13.6. The highest BCUT2D eigenvalue weighted by Crippen LogP contribution is 2.56. The topological polar surface area (TPSA) is 3.24 Å². The highest BCUT2D eigenvalue weighted by atomic mass is 15.3. The van der Waals surface area contributed by atoms with Crippen molar-refractivity contribution in [1.82, 2.24) is 4.90 Å². The number of nitrogens with zero attached hydrogens (tertiary/aromatic N) is 1. The number of fused-ring (bicyclic) bond motifs is 3. The lowest BCUT2D eigenvalue weighted by Crippen LogP contribution is -2.68. The third kappa shape index (κ3) is 5.99. The second-order valence-corrected chi connectivity index (χ2v) is 12.1. The third-order valence-electron chi connectivity index (χ3n) is 10.1. The minimum absolute atomic E-state index is 0.125. The summed E-state index contributed by atoms with van der Waals surface area (Å²) in [5.74, 6) is 1.74. The van der Waals surface area contributed by atoms with Crippen molar-refractivity contribution in [3.05, 3.63) is 12.7 Å². The fourth-order valence-corrected chi connectivity index (χ4v) is 7.74. The molecule has 0 radical (unpaired) electrons. The Balaban J connectivity index is 1.92. The van der Waals surface area contributed by atoms with E-state index in [1.165, 1.54) is 129 Å². The van der Waals surface area contributed by atoms with Crippen LogP contribution in [0.5, 0.6) is 0 Å². The summed E-state index contributed by atoms with van der Waals surface area (Å²) in [5.41, 5.74) is 0.428. The van der Waals surface area contributed by atoms with Gasteiger partial charge in [0.25, 0.3) is 0 Å². The van der Waals surface area contributed by atoms with E-state index in [0.717, 1.165) is 17.9 Å². The van der Waals surface area contributed by atoms with Gasteiger partial charge in [-0.1, -0.05) is 116 Å². The first kappa shape index (κ1) is 25.3. The van der Waals surface area contributed by atoms with Gasteiger partial charge in [-0.3, -0.25) is 4.90 Å². The Bertz CT molecular complexity index is 523. The van der Waals surface area contributed by atoms with Crippen LogP contribution in [0.4, 0.5) is 0 Å². The molecule has 180 valence electrons.